The highest BCUT2D eigenvalue weighted by atomic mass is 16.5. The Morgan fingerprint density at radius 1 is 1.40 bits per heavy atom. The summed E-state index contributed by atoms with van der Waals surface area (Å²) in [6, 6.07) is 7.46. The van der Waals surface area contributed by atoms with Gasteiger partial charge in [0.25, 0.3) is 0 Å². The number of nitrogens with zero attached hydrogens (tertiary/aromatic N) is 3. The van der Waals surface area contributed by atoms with Crippen molar-refractivity contribution in [2.24, 2.45) is 7.05 Å². The third-order valence-corrected chi connectivity index (χ3v) is 3.45. The first-order valence-electron chi connectivity index (χ1n) is 6.38. The van der Waals surface area contributed by atoms with E-state index in [0.29, 0.717) is 17.9 Å². The molecule has 1 heterocycles. The molecule has 104 valence electrons. The number of ether oxygens (including phenoxy) is 1. The molecular formula is C15H18N4O. The largest absolute Gasteiger partial charge is 0.495 e. The summed E-state index contributed by atoms with van der Waals surface area (Å²) in [4.78, 5) is 0. The number of benzene rings is 1. The Morgan fingerprint density at radius 2 is 2.15 bits per heavy atom. The molecule has 0 bridgehead atoms. The molecule has 1 N–H and O–H groups in total. The molecule has 0 saturated heterocycles. The molecular weight excluding hydrogens is 252 g/mol. The van der Waals surface area contributed by atoms with Crippen LogP contribution in [0.3, 0.4) is 0 Å². The van der Waals surface area contributed by atoms with Gasteiger partial charge in [0, 0.05) is 30.9 Å². The van der Waals surface area contributed by atoms with E-state index in [4.69, 9.17) is 10.00 Å². The standard InChI is InChI=1S/C15H18N4O/c1-10-13(11(2)19(3)18-10)9-17-14-6-5-12(8-16)7-15(14)20-4/h5-7,17H,9H2,1-4H3. The lowest BCUT2D eigenvalue weighted by molar-refractivity contribution is 0.416. The average molecular weight is 270 g/mol. The lowest BCUT2D eigenvalue weighted by atomic mass is 10.1. The van der Waals surface area contributed by atoms with Gasteiger partial charge < -0.3 is 10.1 Å². The third kappa shape index (κ3) is 2.59. The second kappa shape index (κ2) is 5.66. The molecule has 0 saturated carbocycles. The maximum atomic E-state index is 8.89. The number of hydrogen-bond donors (Lipinski definition) is 1. The summed E-state index contributed by atoms with van der Waals surface area (Å²) in [5.74, 6) is 0.670. The maximum absolute atomic E-state index is 8.89. The second-order valence-corrected chi connectivity index (χ2v) is 4.65. The van der Waals surface area contributed by atoms with Crippen LogP contribution in [-0.2, 0) is 13.6 Å². The van der Waals surface area contributed by atoms with E-state index in [0.717, 1.165) is 17.1 Å². The molecule has 0 aliphatic rings. The van der Waals surface area contributed by atoms with Crippen molar-refractivity contribution in [3.8, 4) is 11.8 Å². The lowest BCUT2D eigenvalue weighted by Gasteiger charge is -2.11. The Kier molecular flexibility index (Phi) is 3.94. The minimum atomic E-state index is 0.584. The van der Waals surface area contributed by atoms with Crippen molar-refractivity contribution in [3.05, 3.63) is 40.7 Å². The zero-order valence-corrected chi connectivity index (χ0v) is 12.2. The minimum Gasteiger partial charge on any atom is -0.495 e. The van der Waals surface area contributed by atoms with Crippen molar-refractivity contribution < 1.29 is 4.74 Å². The van der Waals surface area contributed by atoms with E-state index < -0.39 is 0 Å². The van der Waals surface area contributed by atoms with E-state index in [2.05, 4.69) is 16.5 Å². The molecule has 0 atom stereocenters. The van der Waals surface area contributed by atoms with Crippen molar-refractivity contribution in [1.82, 2.24) is 9.78 Å². The highest BCUT2D eigenvalue weighted by Gasteiger charge is 2.10. The fraction of sp³-hybridized carbons (Fsp3) is 0.333. The van der Waals surface area contributed by atoms with Crippen LogP contribution in [0.4, 0.5) is 5.69 Å². The third-order valence-electron chi connectivity index (χ3n) is 3.45. The van der Waals surface area contributed by atoms with Crippen LogP contribution < -0.4 is 10.1 Å². The van der Waals surface area contributed by atoms with Gasteiger partial charge in [0.15, 0.2) is 0 Å². The van der Waals surface area contributed by atoms with Gasteiger partial charge in [-0.25, -0.2) is 0 Å². The minimum absolute atomic E-state index is 0.584. The molecule has 0 amide bonds. The number of hydrogen-bond acceptors (Lipinski definition) is 4. The summed E-state index contributed by atoms with van der Waals surface area (Å²) in [6.07, 6.45) is 0. The highest BCUT2D eigenvalue weighted by molar-refractivity contribution is 5.59. The molecule has 0 spiro atoms. The molecule has 0 aliphatic heterocycles. The molecule has 0 aliphatic carbocycles. The van der Waals surface area contributed by atoms with Gasteiger partial charge in [0.1, 0.15) is 5.75 Å². The summed E-state index contributed by atoms with van der Waals surface area (Å²) >= 11 is 0. The van der Waals surface area contributed by atoms with Crippen LogP contribution in [0.25, 0.3) is 0 Å². The molecule has 0 unspecified atom stereocenters. The van der Waals surface area contributed by atoms with Crippen LogP contribution in [0.15, 0.2) is 18.2 Å². The van der Waals surface area contributed by atoms with Gasteiger partial charge in [-0.1, -0.05) is 0 Å². The van der Waals surface area contributed by atoms with Crippen LogP contribution in [-0.4, -0.2) is 16.9 Å². The summed E-state index contributed by atoms with van der Waals surface area (Å²) in [7, 11) is 3.54. The van der Waals surface area contributed by atoms with Crippen molar-refractivity contribution in [1.29, 1.82) is 5.26 Å². The van der Waals surface area contributed by atoms with Crippen LogP contribution in [0, 0.1) is 25.2 Å². The number of aromatic nitrogens is 2. The van der Waals surface area contributed by atoms with Crippen molar-refractivity contribution in [2.75, 3.05) is 12.4 Å². The number of methoxy groups -OCH3 is 1. The molecule has 0 radical (unpaired) electrons. The van der Waals surface area contributed by atoms with E-state index in [1.807, 2.05) is 31.6 Å². The Hall–Kier alpha value is -2.48. The Balaban J connectivity index is 2.21. The van der Waals surface area contributed by atoms with E-state index >= 15 is 0 Å². The summed E-state index contributed by atoms with van der Waals surface area (Å²) < 4.78 is 7.18. The molecule has 1 aromatic carbocycles. The quantitative estimate of drug-likeness (QED) is 0.927. The van der Waals surface area contributed by atoms with Gasteiger partial charge in [0.2, 0.25) is 0 Å². The van der Waals surface area contributed by atoms with E-state index in [9.17, 15) is 0 Å². The summed E-state index contributed by atoms with van der Waals surface area (Å²) in [6.45, 7) is 4.72. The smallest absolute Gasteiger partial charge is 0.143 e. The molecule has 2 rings (SSSR count). The number of aryl methyl sites for hydroxylation is 2. The predicted molar refractivity (Wildman–Crippen MR) is 77.7 cm³/mol. The van der Waals surface area contributed by atoms with Crippen LogP contribution in [0.1, 0.15) is 22.5 Å². The molecule has 1 aromatic heterocycles. The monoisotopic (exact) mass is 270 g/mol. The van der Waals surface area contributed by atoms with Gasteiger partial charge in [-0.2, -0.15) is 10.4 Å². The zero-order valence-electron chi connectivity index (χ0n) is 12.2. The number of nitriles is 1. The fourth-order valence-electron chi connectivity index (χ4n) is 2.16. The fourth-order valence-corrected chi connectivity index (χ4v) is 2.16. The van der Waals surface area contributed by atoms with Gasteiger partial charge in [0.05, 0.1) is 30.1 Å². The SMILES string of the molecule is COc1cc(C#N)ccc1NCc1c(C)nn(C)c1C. The van der Waals surface area contributed by atoms with Crippen LogP contribution in [0.5, 0.6) is 5.75 Å². The predicted octanol–water partition coefficient (Wildman–Crippen LogP) is 2.53. The molecule has 20 heavy (non-hydrogen) atoms. The number of anilines is 1. The van der Waals surface area contributed by atoms with E-state index in [-0.39, 0.29) is 0 Å². The molecule has 0 fully saturated rings. The number of rotatable bonds is 4. The van der Waals surface area contributed by atoms with Gasteiger partial charge >= 0.3 is 0 Å². The van der Waals surface area contributed by atoms with Gasteiger partial charge in [-0.15, -0.1) is 0 Å². The lowest BCUT2D eigenvalue weighted by Crippen LogP contribution is -2.04. The summed E-state index contributed by atoms with van der Waals surface area (Å²) in [5, 5.41) is 16.6. The average Bonchev–Trinajstić information content (AvgIpc) is 2.70. The first-order chi connectivity index (χ1) is 9.56. The molecule has 5 nitrogen and oxygen atoms in total. The summed E-state index contributed by atoms with van der Waals surface area (Å²) in [5.41, 5.74) is 4.79. The van der Waals surface area contributed by atoms with Gasteiger partial charge in [-0.05, 0) is 26.0 Å². The van der Waals surface area contributed by atoms with Crippen LogP contribution >= 0.6 is 0 Å². The second-order valence-electron chi connectivity index (χ2n) is 4.65. The molecule has 2 aromatic rings. The maximum Gasteiger partial charge on any atom is 0.143 e. The van der Waals surface area contributed by atoms with E-state index in [1.165, 1.54) is 5.56 Å². The van der Waals surface area contributed by atoms with Crippen LogP contribution in [0.2, 0.25) is 0 Å². The topological polar surface area (TPSA) is 62.9 Å². The van der Waals surface area contributed by atoms with Crippen molar-refractivity contribution in [3.63, 3.8) is 0 Å². The van der Waals surface area contributed by atoms with E-state index in [1.54, 1.807) is 19.2 Å². The Labute approximate surface area is 118 Å². The first-order valence-corrected chi connectivity index (χ1v) is 6.38. The number of nitrogens with one attached hydrogen (secondary N) is 1. The Morgan fingerprint density at radius 3 is 2.70 bits per heavy atom. The van der Waals surface area contributed by atoms with Gasteiger partial charge in [-0.3, -0.25) is 4.68 Å². The van der Waals surface area contributed by atoms with Crippen molar-refractivity contribution in [2.45, 2.75) is 20.4 Å². The normalized spacial score (nSPS) is 10.2. The highest BCUT2D eigenvalue weighted by Crippen LogP contribution is 2.26. The molecule has 5 heteroatoms. The zero-order chi connectivity index (χ0) is 14.7. The first kappa shape index (κ1) is 13.9. The van der Waals surface area contributed by atoms with Crippen molar-refractivity contribution >= 4 is 5.69 Å². The Bertz CT molecular complexity index is 667.